The minimum atomic E-state index is 0.491. The van der Waals surface area contributed by atoms with Crippen molar-refractivity contribution < 1.29 is 0 Å². The predicted molar refractivity (Wildman–Crippen MR) is 129 cm³/mol. The highest BCUT2D eigenvalue weighted by molar-refractivity contribution is 6.18. The van der Waals surface area contributed by atoms with Gasteiger partial charge in [0.2, 0.25) is 0 Å². The summed E-state index contributed by atoms with van der Waals surface area (Å²) in [6.07, 6.45) is 24.3. The first-order chi connectivity index (χ1) is 14.7. The Balaban J connectivity index is 1.13. The smallest absolute Gasteiger partial charge is 0.0579 e. The largest absolute Gasteiger partial charge is 0.311 e. The van der Waals surface area contributed by atoms with Gasteiger partial charge in [-0.3, -0.25) is 9.98 Å². The number of allylic oxidation sites excluding steroid dienone is 4. The van der Waals surface area contributed by atoms with Crippen LogP contribution in [0.15, 0.2) is 34.3 Å². The summed E-state index contributed by atoms with van der Waals surface area (Å²) in [5, 5.41) is 8.00. The maximum Gasteiger partial charge on any atom is 0.0579 e. The molecule has 4 nitrogen and oxygen atoms in total. The fraction of sp³-hybridized carbons (Fsp3) is 0.769. The molecular weight excluding hydrogens is 368 g/mol. The Bertz CT molecular complexity index is 635. The van der Waals surface area contributed by atoms with Gasteiger partial charge < -0.3 is 10.6 Å². The van der Waals surface area contributed by atoms with Crippen molar-refractivity contribution in [2.75, 3.05) is 7.05 Å². The maximum absolute atomic E-state index is 4.97. The van der Waals surface area contributed by atoms with Crippen molar-refractivity contribution in [3.05, 3.63) is 24.3 Å². The molecule has 0 aromatic rings. The number of nitrogens with zero attached hydrogens (tertiary/aromatic N) is 2. The first kappa shape index (κ1) is 22.0. The average Bonchev–Trinajstić information content (AvgIpc) is 2.78. The summed E-state index contributed by atoms with van der Waals surface area (Å²) in [5.41, 5.74) is 2.14. The van der Waals surface area contributed by atoms with Crippen molar-refractivity contribution in [1.82, 2.24) is 10.6 Å². The molecule has 0 heterocycles. The molecule has 4 aliphatic carbocycles. The van der Waals surface area contributed by atoms with Crippen LogP contribution in [0.5, 0.6) is 0 Å². The van der Waals surface area contributed by atoms with Crippen LogP contribution in [0.1, 0.15) is 84.0 Å². The molecule has 0 radical (unpaired) electrons. The van der Waals surface area contributed by atoms with E-state index in [2.05, 4.69) is 46.9 Å². The third kappa shape index (κ3) is 6.37. The van der Waals surface area contributed by atoms with Gasteiger partial charge in [0.15, 0.2) is 0 Å². The van der Waals surface area contributed by atoms with Crippen LogP contribution in [-0.2, 0) is 0 Å². The lowest BCUT2D eigenvalue weighted by Crippen LogP contribution is -2.47. The van der Waals surface area contributed by atoms with Crippen molar-refractivity contribution in [2.24, 2.45) is 15.9 Å². The van der Waals surface area contributed by atoms with Crippen molar-refractivity contribution in [1.29, 1.82) is 0 Å². The van der Waals surface area contributed by atoms with Gasteiger partial charge in [-0.15, -0.1) is 0 Å². The van der Waals surface area contributed by atoms with E-state index in [1.807, 2.05) is 7.05 Å². The van der Waals surface area contributed by atoms with Crippen molar-refractivity contribution in [2.45, 2.75) is 114 Å². The molecule has 0 aromatic carbocycles. The van der Waals surface area contributed by atoms with Gasteiger partial charge in [-0.2, -0.15) is 0 Å². The van der Waals surface area contributed by atoms with Gasteiger partial charge in [0.25, 0.3) is 0 Å². The molecule has 30 heavy (non-hydrogen) atoms. The minimum Gasteiger partial charge on any atom is -0.311 e. The van der Waals surface area contributed by atoms with E-state index >= 15 is 0 Å². The van der Waals surface area contributed by atoms with Gasteiger partial charge in [0.1, 0.15) is 0 Å². The molecule has 0 aliphatic heterocycles. The minimum absolute atomic E-state index is 0.491. The maximum atomic E-state index is 4.97. The second kappa shape index (κ2) is 10.9. The normalized spacial score (nSPS) is 37.3. The molecule has 166 valence electrons. The predicted octanol–water partition coefficient (Wildman–Crippen LogP) is 5.00. The van der Waals surface area contributed by atoms with Crippen LogP contribution in [0.25, 0.3) is 0 Å². The summed E-state index contributed by atoms with van der Waals surface area (Å²) in [5.74, 6) is 0.948. The van der Waals surface area contributed by atoms with Gasteiger partial charge >= 0.3 is 0 Å². The van der Waals surface area contributed by atoms with Gasteiger partial charge in [-0.1, -0.05) is 6.92 Å². The lowest BCUT2D eigenvalue weighted by molar-refractivity contribution is 0.226. The molecule has 4 heteroatoms. The molecule has 3 saturated carbocycles. The van der Waals surface area contributed by atoms with Gasteiger partial charge in [0, 0.05) is 31.2 Å². The van der Waals surface area contributed by atoms with Gasteiger partial charge in [-0.05, 0) is 107 Å². The quantitative estimate of drug-likeness (QED) is 0.626. The highest BCUT2D eigenvalue weighted by Gasteiger charge is 2.28. The highest BCUT2D eigenvalue weighted by atomic mass is 15.0. The fourth-order valence-electron chi connectivity index (χ4n) is 5.79. The molecule has 0 amide bonds. The summed E-state index contributed by atoms with van der Waals surface area (Å²) < 4.78 is 0. The molecule has 0 aromatic heterocycles. The number of hydrogen-bond acceptors (Lipinski definition) is 4. The van der Waals surface area contributed by atoms with Crippen LogP contribution >= 0.6 is 0 Å². The van der Waals surface area contributed by atoms with Gasteiger partial charge in [0.05, 0.1) is 17.5 Å². The Kier molecular flexibility index (Phi) is 7.95. The van der Waals surface area contributed by atoms with E-state index in [-0.39, 0.29) is 0 Å². The molecule has 4 aliphatic rings. The van der Waals surface area contributed by atoms with Crippen molar-refractivity contribution in [3.8, 4) is 0 Å². The van der Waals surface area contributed by atoms with Crippen LogP contribution in [0.4, 0.5) is 0 Å². The van der Waals surface area contributed by atoms with Crippen LogP contribution in [0.2, 0.25) is 0 Å². The van der Waals surface area contributed by atoms with Crippen LogP contribution in [0.3, 0.4) is 0 Å². The molecule has 0 atom stereocenters. The van der Waals surface area contributed by atoms with Crippen molar-refractivity contribution in [3.63, 3.8) is 0 Å². The van der Waals surface area contributed by atoms with Crippen molar-refractivity contribution >= 4 is 11.4 Å². The Hall–Kier alpha value is -1.26. The molecule has 4 rings (SSSR count). The SMILES string of the molecule is CN=C1C=CC(=NC2CCC(NC3CCC(NC4CCC(C)CC4)CC3)CC2)C=C1. The molecule has 0 spiro atoms. The molecular formula is C26H42N4. The third-order valence-corrected chi connectivity index (χ3v) is 7.82. The van der Waals surface area contributed by atoms with E-state index in [0.717, 1.165) is 35.5 Å². The Morgan fingerprint density at radius 1 is 0.600 bits per heavy atom. The zero-order chi connectivity index (χ0) is 20.8. The summed E-state index contributed by atoms with van der Waals surface area (Å²) in [4.78, 5) is 9.17. The van der Waals surface area contributed by atoms with Crippen LogP contribution < -0.4 is 10.6 Å². The lowest BCUT2D eigenvalue weighted by Gasteiger charge is -2.37. The zero-order valence-electron chi connectivity index (χ0n) is 19.2. The second-order valence-electron chi connectivity index (χ2n) is 10.2. The van der Waals surface area contributed by atoms with E-state index in [1.165, 1.54) is 77.0 Å². The molecule has 0 unspecified atom stereocenters. The highest BCUT2D eigenvalue weighted by Crippen LogP contribution is 2.28. The monoisotopic (exact) mass is 410 g/mol. The Morgan fingerprint density at radius 2 is 1.00 bits per heavy atom. The lowest BCUT2D eigenvalue weighted by atomic mass is 9.84. The summed E-state index contributed by atoms with van der Waals surface area (Å²) in [6.45, 7) is 2.41. The number of aliphatic imine (C=N–C) groups is 2. The van der Waals surface area contributed by atoms with E-state index in [9.17, 15) is 0 Å². The first-order valence-electron chi connectivity index (χ1n) is 12.6. The first-order valence-corrected chi connectivity index (χ1v) is 12.6. The van der Waals surface area contributed by atoms with E-state index in [1.54, 1.807) is 0 Å². The van der Waals surface area contributed by atoms with E-state index in [0.29, 0.717) is 12.1 Å². The summed E-state index contributed by atoms with van der Waals surface area (Å²) in [7, 11) is 1.83. The van der Waals surface area contributed by atoms with E-state index in [4.69, 9.17) is 4.99 Å². The Morgan fingerprint density at radius 3 is 1.47 bits per heavy atom. The van der Waals surface area contributed by atoms with Gasteiger partial charge in [-0.25, -0.2) is 0 Å². The molecule has 0 saturated heterocycles. The van der Waals surface area contributed by atoms with E-state index < -0.39 is 0 Å². The molecule has 3 fully saturated rings. The average molecular weight is 411 g/mol. The molecule has 0 bridgehead atoms. The summed E-state index contributed by atoms with van der Waals surface area (Å²) in [6, 6.07) is 3.49. The molecule has 2 N–H and O–H groups in total. The number of hydrogen-bond donors (Lipinski definition) is 2. The standard InChI is InChI=1S/C26H42N4/c1-19-3-5-21(6-4-19)28-23-11-13-25(14-12-23)30-26-17-15-24(16-18-26)29-22-9-7-20(27-2)8-10-22/h7-10,19,21,23-26,28,30H,3-6,11-18H2,1-2H3. The third-order valence-electron chi connectivity index (χ3n) is 7.82. The topological polar surface area (TPSA) is 48.8 Å². The number of rotatable bonds is 5. The van der Waals surface area contributed by atoms with Crippen LogP contribution in [-0.4, -0.2) is 48.7 Å². The Labute approximate surface area is 183 Å². The fourth-order valence-corrected chi connectivity index (χ4v) is 5.79. The van der Waals surface area contributed by atoms with Crippen LogP contribution in [0, 0.1) is 5.92 Å². The second-order valence-corrected chi connectivity index (χ2v) is 10.2. The summed E-state index contributed by atoms with van der Waals surface area (Å²) >= 11 is 0. The zero-order valence-corrected chi connectivity index (χ0v) is 19.2. The number of nitrogens with one attached hydrogen (secondary N) is 2.